The van der Waals surface area contributed by atoms with Gasteiger partial charge in [0.1, 0.15) is 6.10 Å². The van der Waals surface area contributed by atoms with Crippen molar-refractivity contribution in [3.8, 4) is 23.2 Å². The number of methoxy groups -OCH3 is 1. The molecule has 0 aliphatic carbocycles. The van der Waals surface area contributed by atoms with Gasteiger partial charge in [-0.05, 0) is 48.9 Å². The van der Waals surface area contributed by atoms with E-state index in [4.69, 9.17) is 9.47 Å². The Morgan fingerprint density at radius 2 is 2.14 bits per heavy atom. The molecule has 1 atom stereocenters. The minimum Gasteiger partial charge on any atom is -0.481 e. The van der Waals surface area contributed by atoms with E-state index in [1.807, 2.05) is 42.5 Å². The number of aromatic nitrogens is 1. The molecule has 1 saturated heterocycles. The normalized spacial score (nSPS) is 16.5. The second kappa shape index (κ2) is 10.9. The van der Waals surface area contributed by atoms with Crippen molar-refractivity contribution in [2.75, 3.05) is 36.2 Å². The Hall–Kier alpha value is -4.07. The second-order valence-electron chi connectivity index (χ2n) is 8.69. The molecule has 5 rings (SSSR count). The predicted molar refractivity (Wildman–Crippen MR) is 141 cm³/mol. The summed E-state index contributed by atoms with van der Waals surface area (Å²) < 4.78 is 10.8. The van der Waals surface area contributed by atoms with Crippen molar-refractivity contribution in [1.82, 2.24) is 10.3 Å². The third-order valence-corrected chi connectivity index (χ3v) is 7.19. The first-order chi connectivity index (χ1) is 18.0. The van der Waals surface area contributed by atoms with Crippen molar-refractivity contribution >= 4 is 35.1 Å². The molecule has 0 radical (unpaired) electrons. The lowest BCUT2D eigenvalue weighted by Crippen LogP contribution is -2.26. The first-order valence-electron chi connectivity index (χ1n) is 11.8. The van der Waals surface area contributed by atoms with Crippen LogP contribution >= 0.6 is 11.8 Å². The molecule has 2 aromatic carbocycles. The molecule has 188 valence electrons. The van der Waals surface area contributed by atoms with Gasteiger partial charge in [0.2, 0.25) is 11.8 Å². The first kappa shape index (κ1) is 24.6. The van der Waals surface area contributed by atoms with Gasteiger partial charge < -0.3 is 20.1 Å². The number of nitriles is 1. The van der Waals surface area contributed by atoms with E-state index >= 15 is 0 Å². The second-order valence-corrected chi connectivity index (χ2v) is 9.71. The third-order valence-electron chi connectivity index (χ3n) is 6.12. The lowest BCUT2D eigenvalue weighted by Gasteiger charge is -2.20. The summed E-state index contributed by atoms with van der Waals surface area (Å²) in [6.07, 6.45) is 0.0642. The maximum atomic E-state index is 12.5. The molecule has 2 aliphatic rings. The van der Waals surface area contributed by atoms with Crippen molar-refractivity contribution in [1.29, 1.82) is 5.26 Å². The SMILES string of the molecule is COc1cc(C#N)cc(-c2cccc(CNCCC3CN(c4ccc5c(c4)NC(=O)CS5)C(=O)O3)c2)n1. The summed E-state index contributed by atoms with van der Waals surface area (Å²) in [5, 5.41) is 15.5. The number of cyclic esters (lactones) is 1. The van der Waals surface area contributed by atoms with Gasteiger partial charge in [-0.3, -0.25) is 9.69 Å². The molecule has 0 spiro atoms. The summed E-state index contributed by atoms with van der Waals surface area (Å²) in [6, 6.07) is 19.1. The van der Waals surface area contributed by atoms with Gasteiger partial charge >= 0.3 is 6.09 Å². The Morgan fingerprint density at radius 1 is 1.24 bits per heavy atom. The van der Waals surface area contributed by atoms with Crippen molar-refractivity contribution < 1.29 is 19.1 Å². The van der Waals surface area contributed by atoms with Crippen LogP contribution in [-0.2, 0) is 16.1 Å². The number of nitrogens with one attached hydrogen (secondary N) is 2. The number of pyridine rings is 1. The molecule has 2 aliphatic heterocycles. The minimum atomic E-state index is -0.380. The van der Waals surface area contributed by atoms with Gasteiger partial charge in [0.15, 0.2) is 0 Å². The number of carbonyl (C=O) groups is 2. The number of carbonyl (C=O) groups excluding carboxylic acids is 2. The Kier molecular flexibility index (Phi) is 7.25. The van der Waals surface area contributed by atoms with Crippen molar-refractivity contribution in [3.05, 3.63) is 65.7 Å². The Balaban J connectivity index is 1.15. The van der Waals surface area contributed by atoms with Gasteiger partial charge in [0.05, 0.1) is 42.4 Å². The fourth-order valence-corrected chi connectivity index (χ4v) is 5.07. The van der Waals surface area contributed by atoms with Gasteiger partial charge in [-0.2, -0.15) is 5.26 Å². The van der Waals surface area contributed by atoms with E-state index in [1.165, 1.54) is 18.9 Å². The largest absolute Gasteiger partial charge is 0.481 e. The van der Waals surface area contributed by atoms with Crippen molar-refractivity contribution in [2.24, 2.45) is 0 Å². The van der Waals surface area contributed by atoms with Crippen molar-refractivity contribution in [3.63, 3.8) is 0 Å². The maximum Gasteiger partial charge on any atom is 0.414 e. The molecule has 2 N–H and O–H groups in total. The smallest absolute Gasteiger partial charge is 0.414 e. The van der Waals surface area contributed by atoms with Crippen LogP contribution in [0.2, 0.25) is 0 Å². The monoisotopic (exact) mass is 515 g/mol. The molecule has 3 heterocycles. The lowest BCUT2D eigenvalue weighted by atomic mass is 10.1. The molecule has 10 heteroatoms. The minimum absolute atomic E-state index is 0.0418. The van der Waals surface area contributed by atoms with Crippen LogP contribution in [0.3, 0.4) is 0 Å². The molecule has 1 fully saturated rings. The Bertz CT molecular complexity index is 1390. The van der Waals surface area contributed by atoms with Gasteiger partial charge in [-0.25, -0.2) is 9.78 Å². The van der Waals surface area contributed by atoms with Crippen LogP contribution in [0.4, 0.5) is 16.2 Å². The molecule has 9 nitrogen and oxygen atoms in total. The number of anilines is 2. The predicted octanol–water partition coefficient (Wildman–Crippen LogP) is 4.18. The molecule has 0 bridgehead atoms. The Morgan fingerprint density at radius 3 is 2.97 bits per heavy atom. The van der Waals surface area contributed by atoms with Crippen LogP contribution in [0.5, 0.6) is 5.88 Å². The lowest BCUT2D eigenvalue weighted by molar-refractivity contribution is -0.113. The number of hydrogen-bond acceptors (Lipinski definition) is 8. The number of rotatable bonds is 8. The molecule has 0 saturated carbocycles. The summed E-state index contributed by atoms with van der Waals surface area (Å²) in [4.78, 5) is 31.3. The fraction of sp³-hybridized carbons (Fsp3) is 0.259. The standard InChI is InChI=1S/C27H25N5O4S/c1-35-26-11-18(13-28)10-22(31-26)19-4-2-3-17(9-19)14-29-8-7-21-15-32(27(34)36-21)20-5-6-24-23(12-20)30-25(33)16-37-24/h2-6,9-12,21,29H,7-8,14-16H2,1H3,(H,30,33). The van der Waals surface area contributed by atoms with Crippen molar-refractivity contribution in [2.45, 2.75) is 24.0 Å². The van der Waals surface area contributed by atoms with E-state index in [0.29, 0.717) is 54.6 Å². The summed E-state index contributed by atoms with van der Waals surface area (Å²) in [6.45, 7) is 1.76. The van der Waals surface area contributed by atoms with Crippen LogP contribution in [-0.4, -0.2) is 49.0 Å². The van der Waals surface area contributed by atoms with Crippen LogP contribution < -0.4 is 20.3 Å². The van der Waals surface area contributed by atoms with E-state index in [9.17, 15) is 14.9 Å². The van der Waals surface area contributed by atoms with Gasteiger partial charge in [0, 0.05) is 28.8 Å². The zero-order chi connectivity index (χ0) is 25.8. The fourth-order valence-electron chi connectivity index (χ4n) is 4.28. The number of amides is 2. The highest BCUT2D eigenvalue weighted by molar-refractivity contribution is 8.00. The average molecular weight is 516 g/mol. The van der Waals surface area contributed by atoms with Crippen LogP contribution in [0.25, 0.3) is 11.3 Å². The zero-order valence-electron chi connectivity index (χ0n) is 20.2. The highest BCUT2D eigenvalue weighted by Gasteiger charge is 2.32. The highest BCUT2D eigenvalue weighted by atomic mass is 32.2. The number of benzene rings is 2. The zero-order valence-corrected chi connectivity index (χ0v) is 21.0. The summed E-state index contributed by atoms with van der Waals surface area (Å²) in [5.41, 5.74) is 4.58. The van der Waals surface area contributed by atoms with E-state index in [-0.39, 0.29) is 18.1 Å². The van der Waals surface area contributed by atoms with Gasteiger partial charge in [0.25, 0.3) is 0 Å². The van der Waals surface area contributed by atoms with Crippen LogP contribution in [0, 0.1) is 11.3 Å². The number of nitrogens with zero attached hydrogens (tertiary/aromatic N) is 3. The molecule has 3 aromatic rings. The molecule has 37 heavy (non-hydrogen) atoms. The van der Waals surface area contributed by atoms with E-state index in [1.54, 1.807) is 17.0 Å². The average Bonchev–Trinajstić information content (AvgIpc) is 3.30. The third kappa shape index (κ3) is 5.69. The topological polar surface area (TPSA) is 117 Å². The van der Waals surface area contributed by atoms with Crippen LogP contribution in [0.1, 0.15) is 17.5 Å². The summed E-state index contributed by atoms with van der Waals surface area (Å²) in [5.74, 6) is 0.758. The summed E-state index contributed by atoms with van der Waals surface area (Å²) >= 11 is 1.49. The number of ether oxygens (including phenoxy) is 2. The van der Waals surface area contributed by atoms with E-state index in [0.717, 1.165) is 21.7 Å². The quantitative estimate of drug-likeness (QED) is 0.429. The molecule has 1 aromatic heterocycles. The first-order valence-corrected chi connectivity index (χ1v) is 12.8. The molecular weight excluding hydrogens is 490 g/mol. The van der Waals surface area contributed by atoms with Crippen LogP contribution in [0.15, 0.2) is 59.5 Å². The van der Waals surface area contributed by atoms with E-state index < -0.39 is 0 Å². The maximum absolute atomic E-state index is 12.5. The van der Waals surface area contributed by atoms with E-state index in [2.05, 4.69) is 21.7 Å². The Labute approximate surface area is 218 Å². The molecule has 1 unspecified atom stereocenters. The molecule has 2 amide bonds. The summed E-state index contributed by atoms with van der Waals surface area (Å²) in [7, 11) is 1.53. The van der Waals surface area contributed by atoms with Gasteiger partial charge in [-0.15, -0.1) is 11.8 Å². The number of fused-ring (bicyclic) bond motifs is 1. The van der Waals surface area contributed by atoms with Gasteiger partial charge in [-0.1, -0.05) is 18.2 Å². The number of thioether (sulfide) groups is 1. The molecular formula is C27H25N5O4S. The highest BCUT2D eigenvalue weighted by Crippen LogP contribution is 2.35. The number of hydrogen-bond donors (Lipinski definition) is 2.